The Balaban J connectivity index is 1.98. The van der Waals surface area contributed by atoms with E-state index in [1.165, 1.54) is 31.3 Å². The number of hydrogen-bond donors (Lipinski definition) is 1. The molecule has 5 atom stereocenters. The maximum absolute atomic E-state index is 3.95. The van der Waals surface area contributed by atoms with Gasteiger partial charge in [0.25, 0.3) is 0 Å². The van der Waals surface area contributed by atoms with Gasteiger partial charge in [-0.1, -0.05) is 56.6 Å². The molecule has 0 bridgehead atoms. The van der Waals surface area contributed by atoms with E-state index < -0.39 is 0 Å². The van der Waals surface area contributed by atoms with E-state index >= 15 is 0 Å². The van der Waals surface area contributed by atoms with Crippen LogP contribution in [0.1, 0.15) is 53.4 Å². The lowest BCUT2D eigenvalue weighted by molar-refractivity contribution is 0.201. The molecular formula is C19H29N. The third-order valence-electron chi connectivity index (χ3n) is 6.06. The van der Waals surface area contributed by atoms with E-state index in [0.29, 0.717) is 23.4 Å². The molecule has 110 valence electrons. The summed E-state index contributed by atoms with van der Waals surface area (Å²) in [5, 5.41) is 3.95. The summed E-state index contributed by atoms with van der Waals surface area (Å²) in [6.07, 6.45) is 14.7. The van der Waals surface area contributed by atoms with Crippen LogP contribution in [-0.2, 0) is 0 Å². The Hall–Kier alpha value is -0.820. The highest BCUT2D eigenvalue weighted by Gasteiger charge is 2.52. The van der Waals surface area contributed by atoms with Crippen molar-refractivity contribution in [3.63, 3.8) is 0 Å². The Morgan fingerprint density at radius 3 is 2.95 bits per heavy atom. The first kappa shape index (κ1) is 14.1. The molecular weight excluding hydrogens is 242 g/mol. The second-order valence-corrected chi connectivity index (χ2v) is 7.46. The van der Waals surface area contributed by atoms with Crippen LogP contribution in [0.4, 0.5) is 0 Å². The SMILES string of the molecule is C/C=C\C1=C(C)C2C(C=C1)N[C@H]1CC(C)CCCC21C. The summed E-state index contributed by atoms with van der Waals surface area (Å²) in [5.74, 6) is 1.56. The van der Waals surface area contributed by atoms with Gasteiger partial charge in [-0.2, -0.15) is 0 Å². The van der Waals surface area contributed by atoms with Crippen molar-refractivity contribution in [2.24, 2.45) is 17.3 Å². The van der Waals surface area contributed by atoms with Gasteiger partial charge in [0.2, 0.25) is 0 Å². The Morgan fingerprint density at radius 1 is 1.40 bits per heavy atom. The van der Waals surface area contributed by atoms with E-state index in [-0.39, 0.29) is 0 Å². The lowest BCUT2D eigenvalue weighted by Crippen LogP contribution is -2.37. The van der Waals surface area contributed by atoms with Crippen molar-refractivity contribution in [3.05, 3.63) is 35.5 Å². The zero-order valence-corrected chi connectivity index (χ0v) is 13.4. The van der Waals surface area contributed by atoms with Crippen LogP contribution in [0.25, 0.3) is 0 Å². The van der Waals surface area contributed by atoms with Crippen molar-refractivity contribution < 1.29 is 0 Å². The second-order valence-electron chi connectivity index (χ2n) is 7.46. The molecule has 1 N–H and O–H groups in total. The van der Waals surface area contributed by atoms with Crippen LogP contribution in [-0.4, -0.2) is 12.1 Å². The molecule has 4 unspecified atom stereocenters. The average molecular weight is 271 g/mol. The molecule has 0 radical (unpaired) electrons. The quantitative estimate of drug-likeness (QED) is 0.733. The van der Waals surface area contributed by atoms with E-state index in [2.05, 4.69) is 57.3 Å². The van der Waals surface area contributed by atoms with E-state index in [1.807, 2.05) is 0 Å². The average Bonchev–Trinajstić information content (AvgIpc) is 2.58. The van der Waals surface area contributed by atoms with Crippen LogP contribution in [0.5, 0.6) is 0 Å². The van der Waals surface area contributed by atoms with Crippen LogP contribution in [0.15, 0.2) is 35.5 Å². The third-order valence-corrected chi connectivity index (χ3v) is 6.06. The van der Waals surface area contributed by atoms with Crippen LogP contribution in [0, 0.1) is 17.3 Å². The Morgan fingerprint density at radius 2 is 2.20 bits per heavy atom. The largest absolute Gasteiger partial charge is 0.307 e. The molecule has 2 fully saturated rings. The minimum Gasteiger partial charge on any atom is -0.307 e. The molecule has 1 nitrogen and oxygen atoms in total. The lowest BCUT2D eigenvalue weighted by Gasteiger charge is -2.38. The number of nitrogens with one attached hydrogen (secondary N) is 1. The first-order valence-electron chi connectivity index (χ1n) is 8.34. The number of fused-ring (bicyclic) bond motifs is 3. The van der Waals surface area contributed by atoms with Gasteiger partial charge in [-0.25, -0.2) is 0 Å². The molecule has 0 aromatic carbocycles. The molecule has 0 spiro atoms. The number of allylic oxidation sites excluding steroid dienone is 4. The van der Waals surface area contributed by atoms with Gasteiger partial charge in [0, 0.05) is 18.0 Å². The monoisotopic (exact) mass is 271 g/mol. The standard InChI is InChI=1S/C19H29N/c1-5-7-15-9-10-16-18(14(15)3)19(4)11-6-8-13(2)12-17(19)20-16/h5,7,9-10,13,16-18,20H,6,8,11-12H2,1-4H3/b7-5-/t13?,16?,17-,18?,19?/m0/s1. The fraction of sp³-hybridized carbons (Fsp3) is 0.684. The van der Waals surface area contributed by atoms with E-state index in [9.17, 15) is 0 Å². The van der Waals surface area contributed by atoms with Crippen LogP contribution < -0.4 is 5.32 Å². The number of hydrogen-bond acceptors (Lipinski definition) is 1. The van der Waals surface area contributed by atoms with Crippen LogP contribution in [0.2, 0.25) is 0 Å². The highest BCUT2D eigenvalue weighted by molar-refractivity contribution is 5.43. The van der Waals surface area contributed by atoms with Gasteiger partial charge in [0.05, 0.1) is 0 Å². The number of rotatable bonds is 1. The van der Waals surface area contributed by atoms with Crippen molar-refractivity contribution >= 4 is 0 Å². The maximum atomic E-state index is 3.95. The van der Waals surface area contributed by atoms with Crippen LogP contribution >= 0.6 is 0 Å². The lowest BCUT2D eigenvalue weighted by atomic mass is 9.65. The predicted molar refractivity (Wildman–Crippen MR) is 86.6 cm³/mol. The molecule has 1 aliphatic heterocycles. The van der Waals surface area contributed by atoms with Crippen molar-refractivity contribution in [1.29, 1.82) is 0 Å². The van der Waals surface area contributed by atoms with Gasteiger partial charge in [-0.05, 0) is 43.6 Å². The second kappa shape index (κ2) is 5.18. The molecule has 1 saturated carbocycles. The zero-order chi connectivity index (χ0) is 14.3. The molecule has 20 heavy (non-hydrogen) atoms. The molecule has 0 aromatic heterocycles. The molecule has 3 aliphatic rings. The smallest absolute Gasteiger partial charge is 0.0327 e. The minimum absolute atomic E-state index is 0.442. The van der Waals surface area contributed by atoms with Gasteiger partial charge >= 0.3 is 0 Å². The summed E-state index contributed by atoms with van der Waals surface area (Å²) >= 11 is 0. The molecule has 2 aliphatic carbocycles. The molecule has 1 heteroatoms. The summed E-state index contributed by atoms with van der Waals surface area (Å²) in [5.41, 5.74) is 3.48. The first-order chi connectivity index (χ1) is 9.56. The van der Waals surface area contributed by atoms with Crippen molar-refractivity contribution in [2.75, 3.05) is 0 Å². The molecule has 3 rings (SSSR count). The molecule has 0 aromatic rings. The van der Waals surface area contributed by atoms with Gasteiger partial charge in [-0.3, -0.25) is 0 Å². The third kappa shape index (κ3) is 2.11. The summed E-state index contributed by atoms with van der Waals surface area (Å²) in [6.45, 7) is 9.45. The fourth-order valence-corrected chi connectivity index (χ4v) is 4.98. The van der Waals surface area contributed by atoms with Crippen molar-refractivity contribution in [3.8, 4) is 0 Å². The van der Waals surface area contributed by atoms with Crippen LogP contribution in [0.3, 0.4) is 0 Å². The Labute approximate surface area is 124 Å². The molecule has 1 heterocycles. The van der Waals surface area contributed by atoms with E-state index in [1.54, 1.807) is 5.57 Å². The van der Waals surface area contributed by atoms with Crippen molar-refractivity contribution in [2.45, 2.75) is 65.5 Å². The normalized spacial score (nSPS) is 44.6. The van der Waals surface area contributed by atoms with Gasteiger partial charge < -0.3 is 5.32 Å². The van der Waals surface area contributed by atoms with E-state index in [0.717, 1.165) is 5.92 Å². The summed E-state index contributed by atoms with van der Waals surface area (Å²) in [7, 11) is 0. The van der Waals surface area contributed by atoms with E-state index in [4.69, 9.17) is 0 Å². The Bertz CT molecular complexity index is 470. The highest BCUT2D eigenvalue weighted by Crippen LogP contribution is 2.52. The minimum atomic E-state index is 0.442. The molecule has 0 amide bonds. The Kier molecular flexibility index (Phi) is 3.66. The highest BCUT2D eigenvalue weighted by atomic mass is 15.0. The predicted octanol–water partition coefficient (Wildman–Crippen LogP) is 4.62. The van der Waals surface area contributed by atoms with Gasteiger partial charge in [0.15, 0.2) is 0 Å². The zero-order valence-electron chi connectivity index (χ0n) is 13.4. The van der Waals surface area contributed by atoms with Gasteiger partial charge in [-0.15, -0.1) is 0 Å². The summed E-state index contributed by atoms with van der Waals surface area (Å²) in [6, 6.07) is 1.25. The molecule has 1 saturated heterocycles. The summed E-state index contributed by atoms with van der Waals surface area (Å²) < 4.78 is 0. The topological polar surface area (TPSA) is 12.0 Å². The first-order valence-corrected chi connectivity index (χ1v) is 8.34. The fourth-order valence-electron chi connectivity index (χ4n) is 4.98. The van der Waals surface area contributed by atoms with Crippen molar-refractivity contribution in [1.82, 2.24) is 5.32 Å². The van der Waals surface area contributed by atoms with Gasteiger partial charge in [0.1, 0.15) is 0 Å². The summed E-state index contributed by atoms with van der Waals surface area (Å²) in [4.78, 5) is 0. The maximum Gasteiger partial charge on any atom is 0.0327 e.